The number of thioether (sulfide) groups is 1. The second-order valence-corrected chi connectivity index (χ2v) is 9.23. The number of carbonyl (C=O) groups is 2. The molecule has 1 amide bonds. The first-order valence-corrected chi connectivity index (χ1v) is 11.8. The number of hydrogen-bond acceptors (Lipinski definition) is 7. The van der Waals surface area contributed by atoms with Crippen LogP contribution in [-0.4, -0.2) is 55.8 Å². The summed E-state index contributed by atoms with van der Waals surface area (Å²) in [5.41, 5.74) is -0.855. The number of halogens is 2. The number of aliphatic carboxylic acids is 1. The zero-order valence-corrected chi connectivity index (χ0v) is 20.5. The minimum atomic E-state index is -1.70. The summed E-state index contributed by atoms with van der Waals surface area (Å²) in [5, 5.41) is 27.9. The summed E-state index contributed by atoms with van der Waals surface area (Å²) in [6, 6.07) is 9.35. The molecule has 9 nitrogen and oxygen atoms in total. The molecule has 0 fully saturated rings. The molecule has 12 heteroatoms. The summed E-state index contributed by atoms with van der Waals surface area (Å²) in [6.45, 7) is 1.19. The number of carboxylic acids is 1. The molecule has 1 heterocycles. The van der Waals surface area contributed by atoms with Crippen LogP contribution >= 0.6 is 23.4 Å². The van der Waals surface area contributed by atoms with E-state index in [2.05, 4.69) is 15.4 Å². The fourth-order valence-corrected chi connectivity index (χ4v) is 4.91. The summed E-state index contributed by atoms with van der Waals surface area (Å²) in [6.07, 6.45) is 1.79. The van der Waals surface area contributed by atoms with E-state index < -0.39 is 35.4 Å². The molecule has 3 aromatic rings. The van der Waals surface area contributed by atoms with E-state index in [0.717, 1.165) is 0 Å². The van der Waals surface area contributed by atoms with Crippen LogP contribution < -0.4 is 5.32 Å². The Morgan fingerprint density at radius 1 is 1.29 bits per heavy atom. The number of ether oxygens (including phenoxy) is 1. The molecule has 0 bridgehead atoms. The van der Waals surface area contributed by atoms with Crippen LogP contribution in [0.25, 0.3) is 0 Å². The van der Waals surface area contributed by atoms with Gasteiger partial charge in [0.25, 0.3) is 0 Å². The number of aliphatic hydroxyl groups is 1. The van der Waals surface area contributed by atoms with Crippen LogP contribution in [0.5, 0.6) is 0 Å². The van der Waals surface area contributed by atoms with Crippen molar-refractivity contribution in [3.8, 4) is 0 Å². The number of benzene rings is 2. The molecule has 0 radical (unpaired) electrons. The maximum atomic E-state index is 13.6. The van der Waals surface area contributed by atoms with Crippen molar-refractivity contribution in [1.82, 2.24) is 20.1 Å². The molecule has 3 rings (SSSR count). The van der Waals surface area contributed by atoms with E-state index in [1.165, 1.54) is 67.4 Å². The molecule has 186 valence electrons. The highest BCUT2D eigenvalue weighted by molar-refractivity contribution is 7.99. The van der Waals surface area contributed by atoms with Gasteiger partial charge in [0.2, 0.25) is 5.91 Å². The van der Waals surface area contributed by atoms with Crippen molar-refractivity contribution >= 4 is 35.2 Å². The molecular formula is C23H24ClFN4O5S. The number of rotatable bonds is 11. The Morgan fingerprint density at radius 3 is 2.54 bits per heavy atom. The van der Waals surface area contributed by atoms with Crippen molar-refractivity contribution in [3.63, 3.8) is 0 Å². The largest absolute Gasteiger partial charge is 0.480 e. The molecule has 0 saturated carbocycles. The molecule has 3 N–H and O–H groups in total. The van der Waals surface area contributed by atoms with Gasteiger partial charge in [0.15, 0.2) is 0 Å². The zero-order valence-electron chi connectivity index (χ0n) is 18.9. The minimum absolute atomic E-state index is 0.0546. The highest BCUT2D eigenvalue weighted by Crippen LogP contribution is 2.42. The number of hydrogen-bond donors (Lipinski definition) is 3. The van der Waals surface area contributed by atoms with Crippen LogP contribution in [0.15, 0.2) is 60.0 Å². The van der Waals surface area contributed by atoms with Crippen LogP contribution in [0.2, 0.25) is 5.02 Å². The quantitative estimate of drug-likeness (QED) is 0.328. The third-order valence-electron chi connectivity index (χ3n) is 5.23. The van der Waals surface area contributed by atoms with Crippen molar-refractivity contribution in [2.24, 2.45) is 0 Å². The molecule has 2 aromatic carbocycles. The molecule has 0 aliphatic heterocycles. The lowest BCUT2D eigenvalue weighted by atomic mass is 9.84. The molecule has 0 saturated heterocycles. The Labute approximate surface area is 210 Å². The maximum absolute atomic E-state index is 13.6. The third-order valence-corrected chi connectivity index (χ3v) is 6.64. The summed E-state index contributed by atoms with van der Waals surface area (Å²) in [4.78, 5) is 27.2. The van der Waals surface area contributed by atoms with Gasteiger partial charge in [-0.25, -0.2) is 18.9 Å². The van der Waals surface area contributed by atoms with E-state index in [4.69, 9.17) is 16.3 Å². The second-order valence-electron chi connectivity index (χ2n) is 7.73. The van der Waals surface area contributed by atoms with Gasteiger partial charge < -0.3 is 20.3 Å². The number of nitrogens with zero attached hydrogens (tertiary/aromatic N) is 3. The molecule has 0 aliphatic carbocycles. The van der Waals surface area contributed by atoms with Crippen LogP contribution in [0.3, 0.4) is 0 Å². The predicted molar refractivity (Wildman–Crippen MR) is 127 cm³/mol. The van der Waals surface area contributed by atoms with Crippen LogP contribution in [0.1, 0.15) is 24.2 Å². The van der Waals surface area contributed by atoms with Gasteiger partial charge in [0, 0.05) is 35.3 Å². The summed E-state index contributed by atoms with van der Waals surface area (Å²) >= 11 is 7.78. The Morgan fingerprint density at radius 2 is 2.00 bits per heavy atom. The fraction of sp³-hybridized carbons (Fsp3) is 0.304. The van der Waals surface area contributed by atoms with E-state index in [-0.39, 0.29) is 17.3 Å². The number of methoxy groups -OCH3 is 1. The predicted octanol–water partition coefficient (Wildman–Crippen LogP) is 3.03. The highest BCUT2D eigenvalue weighted by Gasteiger charge is 2.42. The lowest BCUT2D eigenvalue weighted by Gasteiger charge is -2.36. The summed E-state index contributed by atoms with van der Waals surface area (Å²) < 4.78 is 20.7. The normalized spacial score (nSPS) is 14.7. The molecule has 0 aliphatic rings. The first kappa shape index (κ1) is 26.6. The average Bonchev–Trinajstić information content (AvgIpc) is 3.31. The summed E-state index contributed by atoms with van der Waals surface area (Å²) in [7, 11) is 1.42. The number of carboxylic acid groups (broad SMARTS) is 1. The zero-order chi connectivity index (χ0) is 25.6. The van der Waals surface area contributed by atoms with Crippen LogP contribution in [0.4, 0.5) is 4.39 Å². The van der Waals surface area contributed by atoms with Crippen molar-refractivity contribution in [2.45, 2.75) is 36.1 Å². The van der Waals surface area contributed by atoms with E-state index in [1.54, 1.807) is 18.2 Å². The van der Waals surface area contributed by atoms with E-state index >= 15 is 0 Å². The third kappa shape index (κ3) is 6.57. The van der Waals surface area contributed by atoms with Gasteiger partial charge in [0.05, 0.1) is 6.54 Å². The Kier molecular flexibility index (Phi) is 8.84. The van der Waals surface area contributed by atoms with Gasteiger partial charge >= 0.3 is 5.97 Å². The van der Waals surface area contributed by atoms with E-state index in [1.807, 2.05) is 0 Å². The van der Waals surface area contributed by atoms with Crippen LogP contribution in [0, 0.1) is 5.82 Å². The molecule has 0 spiro atoms. The first-order valence-electron chi connectivity index (χ1n) is 10.4. The standard InChI is InChI=1S/C23H24ClFN4O5S/c1-14(30)28-20(22(31)32)10-35-17-7-8-18(19(24)9-17)21(34-2)23(33,11-29-13-26-12-27-29)15-3-5-16(25)6-4-15/h3-9,12-13,20-21,33H,10-11H2,1-2H3,(H,28,30)(H,31,32)/t20-,21?,23?/m0/s1. The Balaban J connectivity index is 1.91. The van der Waals surface area contributed by atoms with Gasteiger partial charge in [-0.1, -0.05) is 29.8 Å². The Bertz CT molecular complexity index is 1170. The van der Waals surface area contributed by atoms with Gasteiger partial charge in [-0.3, -0.25) is 4.79 Å². The van der Waals surface area contributed by atoms with Gasteiger partial charge in [-0.15, -0.1) is 11.8 Å². The maximum Gasteiger partial charge on any atom is 0.327 e. The van der Waals surface area contributed by atoms with Crippen molar-refractivity contribution in [2.75, 3.05) is 12.9 Å². The number of amides is 1. The molecule has 1 aromatic heterocycles. The smallest absolute Gasteiger partial charge is 0.327 e. The second kappa shape index (κ2) is 11.6. The number of aromatic nitrogens is 3. The van der Waals surface area contributed by atoms with Crippen molar-refractivity contribution in [1.29, 1.82) is 0 Å². The van der Waals surface area contributed by atoms with E-state index in [0.29, 0.717) is 16.0 Å². The molecule has 3 atom stereocenters. The van der Waals surface area contributed by atoms with Crippen molar-refractivity contribution < 1.29 is 28.9 Å². The Hall–Kier alpha value is -2.99. The highest BCUT2D eigenvalue weighted by atomic mass is 35.5. The van der Waals surface area contributed by atoms with Crippen molar-refractivity contribution in [3.05, 3.63) is 77.1 Å². The molecule has 35 heavy (non-hydrogen) atoms. The number of nitrogens with one attached hydrogen (secondary N) is 1. The van der Waals surface area contributed by atoms with E-state index in [9.17, 15) is 24.2 Å². The van der Waals surface area contributed by atoms with Crippen LogP contribution in [-0.2, 0) is 26.5 Å². The lowest BCUT2D eigenvalue weighted by Crippen LogP contribution is -2.41. The van der Waals surface area contributed by atoms with Gasteiger partial charge in [0.1, 0.15) is 36.2 Å². The lowest BCUT2D eigenvalue weighted by molar-refractivity contribution is -0.140. The summed E-state index contributed by atoms with van der Waals surface area (Å²) in [5.74, 6) is -1.96. The average molecular weight is 523 g/mol. The fourth-order valence-electron chi connectivity index (χ4n) is 3.61. The van der Waals surface area contributed by atoms with Gasteiger partial charge in [-0.05, 0) is 29.8 Å². The van der Waals surface area contributed by atoms with Gasteiger partial charge in [-0.2, -0.15) is 5.10 Å². The first-order chi connectivity index (χ1) is 16.6. The molecular weight excluding hydrogens is 499 g/mol. The number of carbonyl (C=O) groups excluding carboxylic acids is 1. The topological polar surface area (TPSA) is 127 Å². The monoisotopic (exact) mass is 522 g/mol. The molecule has 2 unspecified atom stereocenters. The minimum Gasteiger partial charge on any atom is -0.480 e. The SMILES string of the molecule is COC(c1ccc(SC[C@H](NC(C)=O)C(=O)O)cc1Cl)C(O)(Cn1cncn1)c1ccc(F)cc1.